The van der Waals surface area contributed by atoms with Gasteiger partial charge in [0.05, 0.1) is 6.20 Å². The fraction of sp³-hybridized carbons (Fsp3) is 0.688. The summed E-state index contributed by atoms with van der Waals surface area (Å²) in [5.41, 5.74) is -0.516. The molecule has 0 aliphatic carbocycles. The molecular formula is C16H24FN3O4. The van der Waals surface area contributed by atoms with E-state index < -0.39 is 18.2 Å². The largest absolute Gasteiger partial charge is 0.444 e. The van der Waals surface area contributed by atoms with E-state index in [1.165, 1.54) is 6.20 Å². The van der Waals surface area contributed by atoms with E-state index in [-0.39, 0.29) is 24.3 Å². The van der Waals surface area contributed by atoms with E-state index in [4.69, 9.17) is 9.15 Å². The molecule has 2 heterocycles. The minimum absolute atomic E-state index is 0.0476. The van der Waals surface area contributed by atoms with Crippen LogP contribution in [-0.4, -0.2) is 53.8 Å². The van der Waals surface area contributed by atoms with Gasteiger partial charge in [-0.25, -0.2) is 14.2 Å². The molecule has 0 bridgehead atoms. The predicted molar refractivity (Wildman–Crippen MR) is 84.6 cm³/mol. The maximum absolute atomic E-state index is 12.1. The van der Waals surface area contributed by atoms with Crippen LogP contribution in [0.3, 0.4) is 0 Å². The molecule has 0 atom stereocenters. The van der Waals surface area contributed by atoms with Gasteiger partial charge in [0.15, 0.2) is 5.89 Å². The van der Waals surface area contributed by atoms with Crippen LogP contribution in [0.15, 0.2) is 10.6 Å². The molecule has 2 amide bonds. The number of rotatable bonds is 4. The molecule has 8 heteroatoms. The van der Waals surface area contributed by atoms with Crippen LogP contribution in [-0.2, 0) is 4.74 Å². The van der Waals surface area contributed by atoms with Crippen molar-refractivity contribution in [3.63, 3.8) is 0 Å². The van der Waals surface area contributed by atoms with Crippen molar-refractivity contribution < 1.29 is 23.1 Å². The molecule has 1 aliphatic rings. The fourth-order valence-corrected chi connectivity index (χ4v) is 2.46. The molecule has 24 heavy (non-hydrogen) atoms. The van der Waals surface area contributed by atoms with Crippen molar-refractivity contribution in [2.24, 2.45) is 0 Å². The molecule has 1 aliphatic heterocycles. The molecule has 1 aromatic rings. The topological polar surface area (TPSA) is 84.7 Å². The zero-order chi connectivity index (χ0) is 17.7. The number of halogens is 1. The Morgan fingerprint density at radius 2 is 2.08 bits per heavy atom. The highest BCUT2D eigenvalue weighted by molar-refractivity contribution is 5.91. The fourth-order valence-electron chi connectivity index (χ4n) is 2.46. The number of oxazole rings is 1. The highest BCUT2D eigenvalue weighted by Crippen LogP contribution is 2.28. The molecule has 1 aromatic heterocycles. The molecule has 0 aromatic carbocycles. The number of aromatic nitrogens is 1. The average molecular weight is 341 g/mol. The van der Waals surface area contributed by atoms with E-state index in [2.05, 4.69) is 10.3 Å². The van der Waals surface area contributed by atoms with Crippen LogP contribution in [0.1, 0.15) is 56.0 Å². The van der Waals surface area contributed by atoms with E-state index in [0.717, 1.165) is 0 Å². The van der Waals surface area contributed by atoms with Crippen LogP contribution in [0, 0.1) is 0 Å². The van der Waals surface area contributed by atoms with Gasteiger partial charge >= 0.3 is 6.09 Å². The van der Waals surface area contributed by atoms with Crippen LogP contribution in [0.25, 0.3) is 0 Å². The summed E-state index contributed by atoms with van der Waals surface area (Å²) in [7, 11) is 0. The molecule has 0 unspecified atom stereocenters. The highest BCUT2D eigenvalue weighted by atomic mass is 19.1. The SMILES string of the molecule is CC(C)(C)OC(=O)N1CCC(c2ncc(C(=O)NCCF)o2)CC1. The number of carbonyl (C=O) groups excluding carboxylic acids is 2. The number of alkyl halides is 1. The number of ether oxygens (including phenoxy) is 1. The Labute approximate surface area is 140 Å². The molecule has 7 nitrogen and oxygen atoms in total. The molecule has 134 valence electrons. The smallest absolute Gasteiger partial charge is 0.410 e. The highest BCUT2D eigenvalue weighted by Gasteiger charge is 2.29. The van der Waals surface area contributed by atoms with Crippen LogP contribution in [0.4, 0.5) is 9.18 Å². The van der Waals surface area contributed by atoms with Gasteiger partial charge in [0.1, 0.15) is 12.3 Å². The number of carbonyl (C=O) groups is 2. The van der Waals surface area contributed by atoms with Gasteiger partial charge in [0.2, 0.25) is 5.76 Å². The molecule has 0 radical (unpaired) electrons. The average Bonchev–Trinajstić information content (AvgIpc) is 3.01. The summed E-state index contributed by atoms with van der Waals surface area (Å²) in [6.07, 6.45) is 2.40. The maximum Gasteiger partial charge on any atom is 0.410 e. The zero-order valence-corrected chi connectivity index (χ0v) is 14.3. The summed E-state index contributed by atoms with van der Waals surface area (Å²) in [4.78, 5) is 29.5. The number of likely N-dealkylation sites (tertiary alicyclic amines) is 1. The van der Waals surface area contributed by atoms with Crippen molar-refractivity contribution in [2.45, 2.75) is 45.1 Å². The van der Waals surface area contributed by atoms with E-state index >= 15 is 0 Å². The Morgan fingerprint density at radius 3 is 2.67 bits per heavy atom. The Balaban J connectivity index is 1.87. The lowest BCUT2D eigenvalue weighted by molar-refractivity contribution is 0.0199. The third-order valence-corrected chi connectivity index (χ3v) is 3.62. The summed E-state index contributed by atoms with van der Waals surface area (Å²) in [5, 5.41) is 2.39. The number of nitrogens with one attached hydrogen (secondary N) is 1. The van der Waals surface area contributed by atoms with Crippen molar-refractivity contribution >= 4 is 12.0 Å². The number of hydrogen-bond donors (Lipinski definition) is 1. The van der Waals surface area contributed by atoms with Gasteiger partial charge in [-0.05, 0) is 33.6 Å². The van der Waals surface area contributed by atoms with Crippen LogP contribution < -0.4 is 5.32 Å². The lowest BCUT2D eigenvalue weighted by atomic mass is 9.97. The Hall–Kier alpha value is -2.12. The Kier molecular flexibility index (Phi) is 5.80. The van der Waals surface area contributed by atoms with Crippen LogP contribution >= 0.6 is 0 Å². The summed E-state index contributed by atoms with van der Waals surface area (Å²) in [5.74, 6) is 0.126. The lowest BCUT2D eigenvalue weighted by Crippen LogP contribution is -2.41. The van der Waals surface area contributed by atoms with Crippen molar-refractivity contribution in [1.29, 1.82) is 0 Å². The molecule has 2 rings (SSSR count). The van der Waals surface area contributed by atoms with Gasteiger partial charge in [-0.15, -0.1) is 0 Å². The standard InChI is InChI=1S/C16H24FN3O4/c1-16(2,3)24-15(22)20-8-4-11(5-9-20)14-19-10-12(23-14)13(21)18-7-6-17/h10-11H,4-9H2,1-3H3,(H,18,21). The number of hydrogen-bond acceptors (Lipinski definition) is 5. The minimum Gasteiger partial charge on any atom is -0.444 e. The van der Waals surface area contributed by atoms with Gasteiger partial charge in [-0.3, -0.25) is 4.79 Å². The van der Waals surface area contributed by atoms with Gasteiger partial charge < -0.3 is 19.4 Å². The van der Waals surface area contributed by atoms with E-state index in [1.54, 1.807) is 4.90 Å². The van der Waals surface area contributed by atoms with E-state index in [1.807, 2.05) is 20.8 Å². The van der Waals surface area contributed by atoms with E-state index in [9.17, 15) is 14.0 Å². The number of piperidine rings is 1. The van der Waals surface area contributed by atoms with Crippen LogP contribution in [0.2, 0.25) is 0 Å². The first-order valence-electron chi connectivity index (χ1n) is 8.08. The second-order valence-corrected chi connectivity index (χ2v) is 6.75. The van der Waals surface area contributed by atoms with Gasteiger partial charge in [0, 0.05) is 25.6 Å². The number of nitrogens with zero attached hydrogens (tertiary/aromatic N) is 2. The molecular weight excluding hydrogens is 317 g/mol. The first-order chi connectivity index (χ1) is 11.3. The normalized spacial score (nSPS) is 16.1. The van der Waals surface area contributed by atoms with E-state index in [0.29, 0.717) is 31.8 Å². The first kappa shape index (κ1) is 18.2. The summed E-state index contributed by atoms with van der Waals surface area (Å²) < 4.78 is 22.9. The Morgan fingerprint density at radius 1 is 1.42 bits per heavy atom. The van der Waals surface area contributed by atoms with Gasteiger partial charge in [0.25, 0.3) is 5.91 Å². The van der Waals surface area contributed by atoms with Crippen molar-refractivity contribution in [2.75, 3.05) is 26.3 Å². The lowest BCUT2D eigenvalue weighted by Gasteiger charge is -2.32. The molecule has 0 spiro atoms. The molecule has 1 N–H and O–H groups in total. The minimum atomic E-state index is -0.629. The predicted octanol–water partition coefficient (Wildman–Crippen LogP) is 2.49. The second-order valence-electron chi connectivity index (χ2n) is 6.75. The molecule has 1 fully saturated rings. The zero-order valence-electron chi connectivity index (χ0n) is 14.3. The third kappa shape index (κ3) is 4.94. The summed E-state index contributed by atoms with van der Waals surface area (Å²) >= 11 is 0. The van der Waals surface area contributed by atoms with Gasteiger partial charge in [-0.1, -0.05) is 0 Å². The second kappa shape index (κ2) is 7.63. The Bertz CT molecular complexity index is 574. The quantitative estimate of drug-likeness (QED) is 0.909. The monoisotopic (exact) mass is 341 g/mol. The molecule has 1 saturated heterocycles. The van der Waals surface area contributed by atoms with Crippen LogP contribution in [0.5, 0.6) is 0 Å². The summed E-state index contributed by atoms with van der Waals surface area (Å²) in [6.45, 7) is 5.91. The maximum atomic E-state index is 12.1. The summed E-state index contributed by atoms with van der Waals surface area (Å²) in [6, 6.07) is 0. The first-order valence-corrected chi connectivity index (χ1v) is 8.08. The van der Waals surface area contributed by atoms with Crippen molar-refractivity contribution in [3.05, 3.63) is 17.8 Å². The third-order valence-electron chi connectivity index (χ3n) is 3.62. The number of amides is 2. The van der Waals surface area contributed by atoms with Crippen molar-refractivity contribution in [1.82, 2.24) is 15.2 Å². The van der Waals surface area contributed by atoms with Crippen molar-refractivity contribution in [3.8, 4) is 0 Å². The molecule has 0 saturated carbocycles. The van der Waals surface area contributed by atoms with Gasteiger partial charge in [-0.2, -0.15) is 0 Å².